The molecule has 6 heteroatoms. The number of nitrogens with zero attached hydrogens (tertiary/aromatic N) is 2. The fourth-order valence-electron chi connectivity index (χ4n) is 2.57. The molecule has 0 radical (unpaired) electrons. The molecular formula is C20H23N3O3. The lowest BCUT2D eigenvalue weighted by Gasteiger charge is -2.11. The van der Waals surface area contributed by atoms with E-state index in [1.54, 1.807) is 11.2 Å². The van der Waals surface area contributed by atoms with Gasteiger partial charge >= 0.3 is 6.09 Å². The summed E-state index contributed by atoms with van der Waals surface area (Å²) in [4.78, 5) is 20.1. The normalized spacial score (nSPS) is 13.3. The highest BCUT2D eigenvalue weighted by atomic mass is 16.6. The zero-order valence-electron chi connectivity index (χ0n) is 15.1. The van der Waals surface area contributed by atoms with Crippen molar-refractivity contribution in [1.29, 1.82) is 0 Å². The van der Waals surface area contributed by atoms with Gasteiger partial charge in [-0.15, -0.1) is 0 Å². The molecule has 1 aliphatic heterocycles. The summed E-state index contributed by atoms with van der Waals surface area (Å²) in [5.41, 5.74) is 3.93. The van der Waals surface area contributed by atoms with Crippen LogP contribution in [0.2, 0.25) is 0 Å². The number of carbonyl (C=O) groups excluding carboxylic acids is 1. The number of hydrogen-bond donors (Lipinski definition) is 1. The van der Waals surface area contributed by atoms with E-state index in [2.05, 4.69) is 35.9 Å². The van der Waals surface area contributed by atoms with Gasteiger partial charge in [-0.3, -0.25) is 4.90 Å². The zero-order chi connectivity index (χ0) is 18.4. The number of nitrogens with one attached hydrogen (secondary N) is 1. The van der Waals surface area contributed by atoms with Crippen LogP contribution >= 0.6 is 0 Å². The van der Waals surface area contributed by atoms with Gasteiger partial charge in [0.2, 0.25) is 0 Å². The number of fused-ring (bicyclic) bond motifs is 1. The molecule has 0 unspecified atom stereocenters. The van der Waals surface area contributed by atoms with E-state index in [4.69, 9.17) is 9.47 Å². The standard InChI is InChI=1S/C10H9N3O2.C10H14O/c14-10-13(3-4-15-10)7-1-2-8-9(5-7)12-6-11-8;1-3-8-11-10-6-4-9(2)5-7-10/h1-2,5-6H,3-4H2,(H,11,12);4-7H,3,8H2,1-2H3. The Labute approximate surface area is 152 Å². The summed E-state index contributed by atoms with van der Waals surface area (Å²) in [5.74, 6) is 0.970. The molecule has 4 rings (SSSR count). The van der Waals surface area contributed by atoms with E-state index in [-0.39, 0.29) is 6.09 Å². The molecule has 136 valence electrons. The fraction of sp³-hybridized carbons (Fsp3) is 0.300. The van der Waals surface area contributed by atoms with Crippen LogP contribution in [0.25, 0.3) is 11.0 Å². The topological polar surface area (TPSA) is 67.5 Å². The predicted octanol–water partition coefficient (Wildman–Crippen LogP) is 4.30. The van der Waals surface area contributed by atoms with E-state index >= 15 is 0 Å². The number of carbonyl (C=O) groups is 1. The summed E-state index contributed by atoms with van der Waals surface area (Å²) in [5, 5.41) is 0. The van der Waals surface area contributed by atoms with Crippen LogP contribution in [0, 0.1) is 6.92 Å². The minimum absolute atomic E-state index is 0.283. The van der Waals surface area contributed by atoms with Gasteiger partial charge < -0.3 is 14.5 Å². The second-order valence-corrected chi connectivity index (χ2v) is 6.03. The Bertz CT molecular complexity index is 858. The molecule has 0 atom stereocenters. The molecule has 0 spiro atoms. The number of amides is 1. The average molecular weight is 353 g/mol. The molecule has 2 heterocycles. The molecule has 1 saturated heterocycles. The van der Waals surface area contributed by atoms with E-state index in [1.807, 2.05) is 30.3 Å². The number of anilines is 1. The Kier molecular flexibility index (Phi) is 5.73. The maximum absolute atomic E-state index is 11.3. The van der Waals surface area contributed by atoms with Crippen LogP contribution in [0.1, 0.15) is 18.9 Å². The number of aromatic nitrogens is 2. The third-order valence-corrected chi connectivity index (χ3v) is 3.97. The monoisotopic (exact) mass is 353 g/mol. The minimum atomic E-state index is -0.283. The third kappa shape index (κ3) is 4.33. The first-order valence-corrected chi connectivity index (χ1v) is 8.74. The Morgan fingerprint density at radius 1 is 1.23 bits per heavy atom. The number of rotatable bonds is 4. The van der Waals surface area contributed by atoms with Crippen LogP contribution in [-0.4, -0.2) is 35.8 Å². The smallest absolute Gasteiger partial charge is 0.414 e. The van der Waals surface area contributed by atoms with Gasteiger partial charge in [-0.1, -0.05) is 24.6 Å². The number of H-pyrrole nitrogens is 1. The van der Waals surface area contributed by atoms with Crippen molar-refractivity contribution in [2.24, 2.45) is 0 Å². The molecule has 6 nitrogen and oxygen atoms in total. The van der Waals surface area contributed by atoms with Crippen LogP contribution in [0.15, 0.2) is 48.8 Å². The van der Waals surface area contributed by atoms with Crippen molar-refractivity contribution in [3.05, 3.63) is 54.4 Å². The first-order chi connectivity index (χ1) is 12.7. The van der Waals surface area contributed by atoms with Crippen LogP contribution in [-0.2, 0) is 4.74 Å². The Hall–Kier alpha value is -3.02. The van der Waals surface area contributed by atoms with Gasteiger partial charge in [0, 0.05) is 5.69 Å². The minimum Gasteiger partial charge on any atom is -0.494 e. The first-order valence-electron chi connectivity index (χ1n) is 8.74. The van der Waals surface area contributed by atoms with Gasteiger partial charge in [0.05, 0.1) is 30.5 Å². The lowest BCUT2D eigenvalue weighted by molar-refractivity contribution is 0.181. The summed E-state index contributed by atoms with van der Waals surface area (Å²) in [6, 6.07) is 13.8. The number of aromatic amines is 1. The van der Waals surface area contributed by atoms with Crippen molar-refractivity contribution < 1.29 is 14.3 Å². The number of ether oxygens (including phenoxy) is 2. The molecule has 1 aliphatic rings. The maximum atomic E-state index is 11.3. The predicted molar refractivity (Wildman–Crippen MR) is 102 cm³/mol. The van der Waals surface area contributed by atoms with E-state index in [1.165, 1.54) is 5.56 Å². The lowest BCUT2D eigenvalue weighted by Crippen LogP contribution is -2.23. The van der Waals surface area contributed by atoms with Crippen molar-refractivity contribution in [2.45, 2.75) is 20.3 Å². The molecule has 1 amide bonds. The number of imidazole rings is 1. The van der Waals surface area contributed by atoms with Crippen LogP contribution in [0.3, 0.4) is 0 Å². The van der Waals surface area contributed by atoms with Crippen LogP contribution in [0.5, 0.6) is 5.75 Å². The van der Waals surface area contributed by atoms with E-state index in [9.17, 15) is 4.79 Å². The van der Waals surface area contributed by atoms with Gasteiger partial charge in [-0.05, 0) is 43.7 Å². The summed E-state index contributed by atoms with van der Waals surface area (Å²) < 4.78 is 10.3. The van der Waals surface area contributed by atoms with Crippen LogP contribution < -0.4 is 9.64 Å². The first kappa shape index (κ1) is 17.8. The quantitative estimate of drug-likeness (QED) is 0.759. The number of cyclic esters (lactones) is 1. The van der Waals surface area contributed by atoms with Crippen molar-refractivity contribution >= 4 is 22.8 Å². The number of hydrogen-bond acceptors (Lipinski definition) is 4. The van der Waals surface area contributed by atoms with Gasteiger partial charge in [0.25, 0.3) is 0 Å². The van der Waals surface area contributed by atoms with Crippen molar-refractivity contribution in [2.75, 3.05) is 24.7 Å². The van der Waals surface area contributed by atoms with Crippen LogP contribution in [0.4, 0.5) is 10.5 Å². The van der Waals surface area contributed by atoms with Gasteiger partial charge in [0.15, 0.2) is 0 Å². The Morgan fingerprint density at radius 2 is 2.04 bits per heavy atom. The Balaban J connectivity index is 0.000000160. The van der Waals surface area contributed by atoms with Crippen molar-refractivity contribution in [1.82, 2.24) is 9.97 Å². The highest BCUT2D eigenvalue weighted by Gasteiger charge is 2.23. The van der Waals surface area contributed by atoms with Gasteiger partial charge in [-0.2, -0.15) is 0 Å². The highest BCUT2D eigenvalue weighted by Crippen LogP contribution is 2.22. The summed E-state index contributed by atoms with van der Waals surface area (Å²) in [6.45, 7) is 6.05. The second-order valence-electron chi connectivity index (χ2n) is 6.03. The molecule has 1 N–H and O–H groups in total. The SMILES string of the molecule is CCCOc1ccc(C)cc1.O=C1OCCN1c1ccc2nc[nH]c2c1. The van der Waals surface area contributed by atoms with Gasteiger partial charge in [-0.25, -0.2) is 9.78 Å². The summed E-state index contributed by atoms with van der Waals surface area (Å²) in [7, 11) is 0. The molecule has 1 aromatic heterocycles. The Morgan fingerprint density at radius 3 is 2.73 bits per heavy atom. The molecule has 2 aromatic carbocycles. The average Bonchev–Trinajstić information content (AvgIpc) is 3.29. The molecule has 1 fully saturated rings. The highest BCUT2D eigenvalue weighted by molar-refractivity contribution is 5.92. The van der Waals surface area contributed by atoms with E-state index < -0.39 is 0 Å². The lowest BCUT2D eigenvalue weighted by atomic mass is 10.2. The summed E-state index contributed by atoms with van der Waals surface area (Å²) >= 11 is 0. The molecule has 26 heavy (non-hydrogen) atoms. The van der Waals surface area contributed by atoms with E-state index in [0.717, 1.165) is 35.5 Å². The number of benzene rings is 2. The molecule has 3 aromatic rings. The van der Waals surface area contributed by atoms with Crippen molar-refractivity contribution in [3.8, 4) is 5.75 Å². The second kappa shape index (κ2) is 8.38. The van der Waals surface area contributed by atoms with Gasteiger partial charge in [0.1, 0.15) is 12.4 Å². The van der Waals surface area contributed by atoms with Crippen molar-refractivity contribution in [3.63, 3.8) is 0 Å². The molecule has 0 saturated carbocycles. The molecule has 0 aliphatic carbocycles. The van der Waals surface area contributed by atoms with E-state index in [0.29, 0.717) is 13.2 Å². The molecule has 0 bridgehead atoms. The summed E-state index contributed by atoms with van der Waals surface area (Å²) in [6.07, 6.45) is 2.42. The third-order valence-electron chi connectivity index (χ3n) is 3.97. The largest absolute Gasteiger partial charge is 0.494 e. The number of aryl methyl sites for hydroxylation is 1. The maximum Gasteiger partial charge on any atom is 0.414 e. The zero-order valence-corrected chi connectivity index (χ0v) is 15.1. The fourth-order valence-corrected chi connectivity index (χ4v) is 2.57. The molecular weight excluding hydrogens is 330 g/mol.